The minimum atomic E-state index is -0.228. The topological polar surface area (TPSA) is 73.5 Å². The largest absolute Gasteiger partial charge is 0.346 e. The number of carbonyl (C=O) groups is 2. The van der Waals surface area contributed by atoms with Crippen LogP contribution in [0.2, 0.25) is 0 Å². The fraction of sp³-hybridized carbons (Fsp3) is 0.800. The molecule has 0 aromatic carbocycles. The Bertz CT molecular complexity index is 251. The van der Waals surface area contributed by atoms with E-state index >= 15 is 0 Å². The summed E-state index contributed by atoms with van der Waals surface area (Å²) >= 11 is 0. The van der Waals surface area contributed by atoms with E-state index in [1.807, 2.05) is 6.92 Å². The molecule has 0 spiro atoms. The SMILES string of the molecule is CCN(C)C(=O)CNC(=O)C1CNCCN1. The van der Waals surface area contributed by atoms with Crippen molar-refractivity contribution >= 4 is 11.8 Å². The Balaban J connectivity index is 2.26. The van der Waals surface area contributed by atoms with Crippen LogP contribution in [-0.4, -0.2) is 62.5 Å². The zero-order valence-corrected chi connectivity index (χ0v) is 9.88. The first-order valence-electron chi connectivity index (χ1n) is 5.61. The lowest BCUT2D eigenvalue weighted by atomic mass is 10.2. The Morgan fingerprint density at radius 1 is 1.44 bits per heavy atom. The van der Waals surface area contributed by atoms with Gasteiger partial charge in [0.2, 0.25) is 11.8 Å². The van der Waals surface area contributed by atoms with Gasteiger partial charge >= 0.3 is 0 Å². The van der Waals surface area contributed by atoms with Crippen molar-refractivity contribution in [2.24, 2.45) is 0 Å². The van der Waals surface area contributed by atoms with Gasteiger partial charge in [0.1, 0.15) is 0 Å². The quantitative estimate of drug-likeness (QED) is 0.528. The molecule has 1 heterocycles. The number of nitrogens with one attached hydrogen (secondary N) is 3. The lowest BCUT2D eigenvalue weighted by Gasteiger charge is -2.24. The summed E-state index contributed by atoms with van der Waals surface area (Å²) in [4.78, 5) is 24.6. The number of likely N-dealkylation sites (N-methyl/N-ethyl adjacent to an activating group) is 1. The van der Waals surface area contributed by atoms with Crippen LogP contribution in [0.4, 0.5) is 0 Å². The van der Waals surface area contributed by atoms with Crippen LogP contribution in [0.1, 0.15) is 6.92 Å². The van der Waals surface area contributed by atoms with Gasteiger partial charge in [-0.25, -0.2) is 0 Å². The summed E-state index contributed by atoms with van der Waals surface area (Å²) in [7, 11) is 1.72. The number of hydrogen-bond acceptors (Lipinski definition) is 4. The molecule has 1 saturated heterocycles. The summed E-state index contributed by atoms with van der Waals surface area (Å²) in [5, 5.41) is 8.84. The number of carbonyl (C=O) groups excluding carboxylic acids is 2. The molecule has 16 heavy (non-hydrogen) atoms. The van der Waals surface area contributed by atoms with Crippen LogP contribution in [0.3, 0.4) is 0 Å². The summed E-state index contributed by atoms with van der Waals surface area (Å²) in [6.45, 7) is 4.89. The van der Waals surface area contributed by atoms with E-state index in [1.54, 1.807) is 11.9 Å². The lowest BCUT2D eigenvalue weighted by Crippen LogP contribution is -2.56. The van der Waals surface area contributed by atoms with Gasteiger partial charge in [-0.3, -0.25) is 9.59 Å². The molecular formula is C10H20N4O2. The first-order chi connectivity index (χ1) is 7.65. The maximum absolute atomic E-state index is 11.6. The van der Waals surface area contributed by atoms with E-state index in [0.29, 0.717) is 13.1 Å². The van der Waals surface area contributed by atoms with Gasteiger partial charge in [-0.2, -0.15) is 0 Å². The second kappa shape index (κ2) is 6.44. The molecule has 0 aromatic rings. The minimum absolute atomic E-state index is 0.0698. The highest BCUT2D eigenvalue weighted by molar-refractivity contribution is 5.87. The van der Waals surface area contributed by atoms with Gasteiger partial charge in [-0.15, -0.1) is 0 Å². The first-order valence-corrected chi connectivity index (χ1v) is 5.61. The predicted octanol–water partition coefficient (Wildman–Crippen LogP) is -1.86. The van der Waals surface area contributed by atoms with Crippen LogP contribution in [0, 0.1) is 0 Å². The van der Waals surface area contributed by atoms with E-state index in [0.717, 1.165) is 13.1 Å². The standard InChI is InChI=1S/C10H20N4O2/c1-3-14(2)9(15)7-13-10(16)8-6-11-4-5-12-8/h8,11-12H,3-7H2,1-2H3,(H,13,16). The van der Waals surface area contributed by atoms with Crippen LogP contribution in [-0.2, 0) is 9.59 Å². The molecule has 1 aliphatic heterocycles. The van der Waals surface area contributed by atoms with Crippen molar-refractivity contribution in [2.45, 2.75) is 13.0 Å². The number of amides is 2. The molecule has 1 rings (SSSR count). The molecule has 92 valence electrons. The van der Waals surface area contributed by atoms with Gasteiger partial charge in [0.25, 0.3) is 0 Å². The fourth-order valence-corrected chi connectivity index (χ4v) is 1.44. The molecule has 0 saturated carbocycles. The van der Waals surface area contributed by atoms with Gasteiger partial charge in [0, 0.05) is 33.2 Å². The molecule has 2 amide bonds. The molecule has 0 aliphatic carbocycles. The van der Waals surface area contributed by atoms with Crippen molar-refractivity contribution in [1.82, 2.24) is 20.9 Å². The zero-order chi connectivity index (χ0) is 12.0. The molecule has 0 bridgehead atoms. The number of hydrogen-bond donors (Lipinski definition) is 3. The van der Waals surface area contributed by atoms with Gasteiger partial charge < -0.3 is 20.9 Å². The van der Waals surface area contributed by atoms with Crippen LogP contribution < -0.4 is 16.0 Å². The third-order valence-corrected chi connectivity index (χ3v) is 2.67. The molecule has 3 N–H and O–H groups in total. The fourth-order valence-electron chi connectivity index (χ4n) is 1.44. The van der Waals surface area contributed by atoms with Crippen molar-refractivity contribution in [3.8, 4) is 0 Å². The summed E-state index contributed by atoms with van der Waals surface area (Å²) in [5.74, 6) is -0.190. The molecule has 1 fully saturated rings. The van der Waals surface area contributed by atoms with Crippen molar-refractivity contribution in [3.05, 3.63) is 0 Å². The van der Waals surface area contributed by atoms with E-state index in [2.05, 4.69) is 16.0 Å². The summed E-state index contributed by atoms with van der Waals surface area (Å²) in [6, 6.07) is -0.228. The highest BCUT2D eigenvalue weighted by Crippen LogP contribution is 1.88. The average Bonchev–Trinajstić information content (AvgIpc) is 2.35. The Hall–Kier alpha value is -1.14. The van der Waals surface area contributed by atoms with Crippen molar-refractivity contribution in [2.75, 3.05) is 39.8 Å². The second-order valence-corrected chi connectivity index (χ2v) is 3.84. The Labute approximate surface area is 95.8 Å². The molecule has 6 nitrogen and oxygen atoms in total. The van der Waals surface area contributed by atoms with E-state index in [1.165, 1.54) is 0 Å². The summed E-state index contributed by atoms with van der Waals surface area (Å²) in [6.07, 6.45) is 0. The Morgan fingerprint density at radius 3 is 2.75 bits per heavy atom. The van der Waals surface area contributed by atoms with Gasteiger partial charge in [-0.05, 0) is 6.92 Å². The van der Waals surface area contributed by atoms with Crippen molar-refractivity contribution < 1.29 is 9.59 Å². The molecule has 0 aromatic heterocycles. The molecule has 6 heteroatoms. The van der Waals surface area contributed by atoms with Gasteiger partial charge in [0.05, 0.1) is 12.6 Å². The van der Waals surface area contributed by atoms with Crippen LogP contribution in [0.15, 0.2) is 0 Å². The van der Waals surface area contributed by atoms with Crippen molar-refractivity contribution in [3.63, 3.8) is 0 Å². The van der Waals surface area contributed by atoms with Crippen LogP contribution in [0.25, 0.3) is 0 Å². The van der Waals surface area contributed by atoms with E-state index < -0.39 is 0 Å². The first kappa shape index (κ1) is 12.9. The third kappa shape index (κ3) is 3.79. The summed E-state index contributed by atoms with van der Waals surface area (Å²) in [5.41, 5.74) is 0. The van der Waals surface area contributed by atoms with Crippen LogP contribution >= 0.6 is 0 Å². The van der Waals surface area contributed by atoms with Gasteiger partial charge in [0.15, 0.2) is 0 Å². The zero-order valence-electron chi connectivity index (χ0n) is 9.88. The average molecular weight is 228 g/mol. The maximum Gasteiger partial charge on any atom is 0.241 e. The number of piperazine rings is 1. The highest BCUT2D eigenvalue weighted by Gasteiger charge is 2.20. The van der Waals surface area contributed by atoms with Gasteiger partial charge in [-0.1, -0.05) is 0 Å². The van der Waals surface area contributed by atoms with E-state index in [9.17, 15) is 9.59 Å². The van der Waals surface area contributed by atoms with E-state index in [4.69, 9.17) is 0 Å². The molecule has 0 radical (unpaired) electrons. The third-order valence-electron chi connectivity index (χ3n) is 2.67. The van der Waals surface area contributed by atoms with Crippen LogP contribution in [0.5, 0.6) is 0 Å². The highest BCUT2D eigenvalue weighted by atomic mass is 16.2. The minimum Gasteiger partial charge on any atom is -0.346 e. The Morgan fingerprint density at radius 2 is 2.19 bits per heavy atom. The van der Waals surface area contributed by atoms with Crippen molar-refractivity contribution in [1.29, 1.82) is 0 Å². The normalized spacial score (nSPS) is 20.2. The lowest BCUT2D eigenvalue weighted by molar-refractivity contribution is -0.132. The molecule has 1 atom stereocenters. The van der Waals surface area contributed by atoms with E-state index in [-0.39, 0.29) is 24.4 Å². The second-order valence-electron chi connectivity index (χ2n) is 3.84. The number of nitrogens with zero attached hydrogens (tertiary/aromatic N) is 1. The Kier molecular flexibility index (Phi) is 5.21. The summed E-state index contributed by atoms with van der Waals surface area (Å²) < 4.78 is 0. The molecule has 1 aliphatic rings. The predicted molar refractivity (Wildman–Crippen MR) is 61.0 cm³/mol. The monoisotopic (exact) mass is 228 g/mol. The number of rotatable bonds is 4. The maximum atomic E-state index is 11.6. The molecular weight excluding hydrogens is 208 g/mol. The molecule has 1 unspecified atom stereocenters. The smallest absolute Gasteiger partial charge is 0.241 e.